The van der Waals surface area contributed by atoms with Crippen molar-refractivity contribution in [1.82, 2.24) is 5.32 Å². The molecule has 0 saturated heterocycles. The molecule has 188 valence electrons. The largest absolute Gasteiger partial charge is 0.479 e. The molecule has 1 rings (SSSR count). The summed E-state index contributed by atoms with van der Waals surface area (Å²) in [5.74, 6) is -2.59. The fraction of sp³-hybridized carbons (Fsp3) is 0.522. The van der Waals surface area contributed by atoms with Crippen LogP contribution in [0.4, 0.5) is 0 Å². The molecule has 11 heteroatoms. The topological polar surface area (TPSA) is 108 Å². The van der Waals surface area contributed by atoms with Crippen molar-refractivity contribution in [2.24, 2.45) is 0 Å². The lowest BCUT2D eigenvalue weighted by molar-refractivity contribution is -0.168. The van der Waals surface area contributed by atoms with E-state index in [4.69, 9.17) is 26.4 Å². The van der Waals surface area contributed by atoms with Crippen LogP contribution in [0.25, 0.3) is 0 Å². The molecular weight excluding hydrogens is 546 g/mol. The van der Waals surface area contributed by atoms with Crippen molar-refractivity contribution in [3.63, 3.8) is 0 Å². The summed E-state index contributed by atoms with van der Waals surface area (Å²) in [7, 11) is 0. The minimum absolute atomic E-state index is 0.00318. The van der Waals surface area contributed by atoms with E-state index in [0.717, 1.165) is 16.2 Å². The first-order chi connectivity index (χ1) is 16.1. The second-order valence-electron chi connectivity index (χ2n) is 7.12. The molecule has 1 amide bonds. The molecule has 1 aromatic carbocycles. The summed E-state index contributed by atoms with van der Waals surface area (Å²) in [6.45, 7) is 6.48. The number of amides is 1. The van der Waals surface area contributed by atoms with Gasteiger partial charge in [0.25, 0.3) is 0 Å². The average molecular weight is 577 g/mol. The molecule has 0 fully saturated rings. The Morgan fingerprint density at radius 3 is 2.00 bits per heavy atom. The number of thioether (sulfide) groups is 1. The highest BCUT2D eigenvalue weighted by Gasteiger charge is 2.51. The SMILES string of the molecule is CCOC(=O)C(CC(CCC(=O)c1ccc(Br)cc1)SC(=S)OCC)(NC(C)=O)C(=O)OCC. The van der Waals surface area contributed by atoms with Gasteiger partial charge in [-0.1, -0.05) is 39.8 Å². The Bertz CT molecular complexity index is 859. The lowest BCUT2D eigenvalue weighted by Crippen LogP contribution is -2.62. The smallest absolute Gasteiger partial charge is 0.343 e. The van der Waals surface area contributed by atoms with E-state index in [9.17, 15) is 19.2 Å². The monoisotopic (exact) mass is 575 g/mol. The van der Waals surface area contributed by atoms with Gasteiger partial charge in [0.05, 0.1) is 19.8 Å². The summed E-state index contributed by atoms with van der Waals surface area (Å²) in [5.41, 5.74) is -1.55. The van der Waals surface area contributed by atoms with E-state index in [2.05, 4.69) is 21.2 Å². The van der Waals surface area contributed by atoms with E-state index >= 15 is 0 Å². The molecule has 1 N–H and O–H groups in total. The van der Waals surface area contributed by atoms with E-state index in [1.807, 2.05) is 0 Å². The van der Waals surface area contributed by atoms with Crippen LogP contribution in [0.15, 0.2) is 28.7 Å². The number of Topliss-reactive ketones (excluding diaryl/α,β-unsaturated/α-hetero) is 1. The van der Waals surface area contributed by atoms with Gasteiger partial charge in [0.15, 0.2) is 5.78 Å². The van der Waals surface area contributed by atoms with Crippen molar-refractivity contribution in [1.29, 1.82) is 0 Å². The average Bonchev–Trinajstić information content (AvgIpc) is 2.77. The van der Waals surface area contributed by atoms with Crippen molar-refractivity contribution in [2.45, 2.75) is 57.7 Å². The first kappa shape index (κ1) is 30.1. The minimum atomic E-state index is -2.09. The normalized spacial score (nSPS) is 11.8. The predicted octanol–water partition coefficient (Wildman–Crippen LogP) is 4.23. The number of nitrogens with one attached hydrogen (secondary N) is 1. The van der Waals surface area contributed by atoms with Gasteiger partial charge < -0.3 is 19.5 Å². The molecule has 0 spiro atoms. The van der Waals surface area contributed by atoms with E-state index in [0.29, 0.717) is 12.2 Å². The number of esters is 2. The zero-order chi connectivity index (χ0) is 25.7. The third-order valence-electron chi connectivity index (χ3n) is 4.56. The Hall–Kier alpha value is -1.98. The molecule has 1 unspecified atom stereocenters. The maximum Gasteiger partial charge on any atom is 0.343 e. The quantitative estimate of drug-likeness (QED) is 0.160. The number of hydrogen-bond donors (Lipinski definition) is 1. The number of rotatable bonds is 13. The summed E-state index contributed by atoms with van der Waals surface area (Å²) in [5, 5.41) is 1.91. The van der Waals surface area contributed by atoms with Gasteiger partial charge in [-0.3, -0.25) is 9.59 Å². The number of ether oxygens (including phenoxy) is 3. The van der Waals surface area contributed by atoms with E-state index in [-0.39, 0.29) is 42.6 Å². The third kappa shape index (κ3) is 9.34. The molecule has 0 aromatic heterocycles. The van der Waals surface area contributed by atoms with Crippen LogP contribution in [0.2, 0.25) is 0 Å². The van der Waals surface area contributed by atoms with Gasteiger partial charge in [-0.2, -0.15) is 0 Å². The Morgan fingerprint density at radius 2 is 1.53 bits per heavy atom. The van der Waals surface area contributed by atoms with Gasteiger partial charge in [-0.05, 0) is 51.5 Å². The zero-order valence-corrected chi connectivity index (χ0v) is 22.9. The minimum Gasteiger partial charge on any atom is -0.479 e. The van der Waals surface area contributed by atoms with Crippen molar-refractivity contribution in [2.75, 3.05) is 19.8 Å². The van der Waals surface area contributed by atoms with Crippen molar-refractivity contribution < 1.29 is 33.4 Å². The Labute approximate surface area is 218 Å². The number of benzene rings is 1. The number of thiocarbonyl (C=S) groups is 1. The molecule has 0 saturated carbocycles. The second kappa shape index (κ2) is 15.1. The number of halogens is 1. The van der Waals surface area contributed by atoms with Gasteiger partial charge in [0, 0.05) is 35.1 Å². The Morgan fingerprint density at radius 1 is 1.00 bits per heavy atom. The van der Waals surface area contributed by atoms with Crippen LogP contribution in [-0.2, 0) is 28.6 Å². The van der Waals surface area contributed by atoms with Crippen LogP contribution >= 0.6 is 39.9 Å². The van der Waals surface area contributed by atoms with Gasteiger partial charge in [0.2, 0.25) is 15.8 Å². The standard InChI is InChI=1S/C23H30BrNO7S2/c1-5-30-20(28)23(25-15(4)26,21(29)31-6-2)14-18(34-22(33)32-7-3)12-13-19(27)16-8-10-17(24)11-9-16/h8-11,18H,5-7,12-14H2,1-4H3,(H,25,26). The maximum atomic E-state index is 13.0. The fourth-order valence-corrected chi connectivity index (χ4v) is 4.93. The highest BCUT2D eigenvalue weighted by molar-refractivity contribution is 9.10. The summed E-state index contributed by atoms with van der Waals surface area (Å²) in [6.07, 6.45) is 0.179. The summed E-state index contributed by atoms with van der Waals surface area (Å²) >= 11 is 9.71. The van der Waals surface area contributed by atoms with Gasteiger partial charge in [0.1, 0.15) is 0 Å². The maximum absolute atomic E-state index is 13.0. The van der Waals surface area contributed by atoms with E-state index in [1.165, 1.54) is 6.92 Å². The predicted molar refractivity (Wildman–Crippen MR) is 138 cm³/mol. The molecule has 8 nitrogen and oxygen atoms in total. The van der Waals surface area contributed by atoms with Crippen LogP contribution < -0.4 is 5.32 Å². The highest BCUT2D eigenvalue weighted by atomic mass is 79.9. The Kier molecular flexibility index (Phi) is 13.4. The first-order valence-electron chi connectivity index (χ1n) is 10.8. The van der Waals surface area contributed by atoms with Gasteiger partial charge in [-0.25, -0.2) is 9.59 Å². The summed E-state index contributed by atoms with van der Waals surface area (Å²) in [4.78, 5) is 50.7. The number of carbonyl (C=O) groups is 4. The number of hydrogen-bond acceptors (Lipinski definition) is 9. The fourth-order valence-electron chi connectivity index (χ4n) is 3.12. The molecule has 0 aliphatic carbocycles. The van der Waals surface area contributed by atoms with Crippen molar-refractivity contribution in [3.8, 4) is 0 Å². The molecular formula is C23H30BrNO7S2. The van der Waals surface area contributed by atoms with Crippen LogP contribution in [0, 0.1) is 0 Å². The van der Waals surface area contributed by atoms with Crippen molar-refractivity contribution in [3.05, 3.63) is 34.3 Å². The summed E-state index contributed by atoms with van der Waals surface area (Å²) in [6, 6.07) is 6.95. The molecule has 0 radical (unpaired) electrons. The molecule has 0 bridgehead atoms. The van der Waals surface area contributed by atoms with Gasteiger partial charge >= 0.3 is 11.9 Å². The van der Waals surface area contributed by atoms with Gasteiger partial charge in [-0.15, -0.1) is 0 Å². The molecule has 1 aromatic rings. The van der Waals surface area contributed by atoms with E-state index < -0.39 is 28.6 Å². The zero-order valence-electron chi connectivity index (χ0n) is 19.7. The molecule has 34 heavy (non-hydrogen) atoms. The molecule has 0 heterocycles. The number of ketones is 1. The van der Waals surface area contributed by atoms with Crippen LogP contribution in [0.3, 0.4) is 0 Å². The van der Waals surface area contributed by atoms with E-state index in [1.54, 1.807) is 45.0 Å². The first-order valence-corrected chi connectivity index (χ1v) is 12.9. The molecule has 0 aliphatic heterocycles. The van der Waals surface area contributed by atoms with Crippen LogP contribution in [-0.4, -0.2) is 58.6 Å². The third-order valence-corrected chi connectivity index (χ3v) is 6.54. The summed E-state index contributed by atoms with van der Waals surface area (Å²) < 4.78 is 16.7. The Balaban J connectivity index is 3.27. The van der Waals surface area contributed by atoms with Crippen LogP contribution in [0.5, 0.6) is 0 Å². The highest BCUT2D eigenvalue weighted by Crippen LogP contribution is 2.30. The second-order valence-corrected chi connectivity index (χ2v) is 9.94. The lowest BCUT2D eigenvalue weighted by atomic mass is 9.90. The molecule has 1 atom stereocenters. The van der Waals surface area contributed by atoms with Crippen molar-refractivity contribution >= 4 is 67.9 Å². The van der Waals surface area contributed by atoms with Crippen LogP contribution in [0.1, 0.15) is 57.3 Å². The number of carbonyl (C=O) groups excluding carboxylic acids is 4. The lowest BCUT2D eigenvalue weighted by Gasteiger charge is -2.32. The molecule has 0 aliphatic rings.